The molecule has 0 unspecified atom stereocenters. The van der Waals surface area contributed by atoms with Gasteiger partial charge in [0.15, 0.2) is 5.58 Å². The van der Waals surface area contributed by atoms with E-state index in [1.165, 1.54) is 22.3 Å². The van der Waals surface area contributed by atoms with Crippen molar-refractivity contribution in [3.8, 4) is 22.3 Å². The van der Waals surface area contributed by atoms with Crippen LogP contribution in [0.4, 0.5) is 17.1 Å². The van der Waals surface area contributed by atoms with E-state index in [2.05, 4.69) is 126 Å². The summed E-state index contributed by atoms with van der Waals surface area (Å²) >= 11 is 0. The molecule has 190 valence electrons. The van der Waals surface area contributed by atoms with Crippen LogP contribution in [-0.4, -0.2) is 12.5 Å². The molecule has 0 aliphatic rings. The third-order valence-electron chi connectivity index (χ3n) is 7.46. The average Bonchev–Trinajstić information content (AvgIpc) is 3.43. The van der Waals surface area contributed by atoms with Crippen LogP contribution in [0.1, 0.15) is 0 Å². The van der Waals surface area contributed by atoms with Crippen molar-refractivity contribution in [3.63, 3.8) is 0 Å². The number of anilines is 3. The first kappa shape index (κ1) is 24.0. The van der Waals surface area contributed by atoms with Gasteiger partial charge in [-0.3, -0.25) is 0 Å². The quantitative estimate of drug-likeness (QED) is 0.226. The van der Waals surface area contributed by atoms with Crippen LogP contribution in [0, 0.1) is 0 Å². The lowest BCUT2D eigenvalue weighted by Gasteiger charge is -2.26. The molecule has 1 aromatic heterocycles. The molecule has 0 radical (unpaired) electrons. The maximum absolute atomic E-state index is 9.96. The summed E-state index contributed by atoms with van der Waals surface area (Å²) in [6, 6.07) is 50.3. The third kappa shape index (κ3) is 4.25. The van der Waals surface area contributed by atoms with Gasteiger partial charge in [0.2, 0.25) is 0 Å². The van der Waals surface area contributed by atoms with Crippen LogP contribution >= 0.6 is 0 Å². The monoisotopic (exact) mass is 515 g/mol. The molecule has 4 heteroatoms. The van der Waals surface area contributed by atoms with Crippen molar-refractivity contribution < 1.29 is 9.44 Å². The van der Waals surface area contributed by atoms with Crippen molar-refractivity contribution in [1.29, 1.82) is 0 Å². The van der Waals surface area contributed by atoms with Crippen LogP contribution in [0.2, 0.25) is 0 Å². The van der Waals surface area contributed by atoms with Gasteiger partial charge in [-0.2, -0.15) is 0 Å². The van der Waals surface area contributed by atoms with E-state index < -0.39 is 0 Å². The SMILES string of the molecule is OBc1cccc2c1oc1c(N(c3ccc(-c4ccccc4)cc3)c3ccc(-c4ccccc4)cc3)cccc12. The lowest BCUT2D eigenvalue weighted by molar-refractivity contribution is 0.613. The number of benzene rings is 6. The number of hydrogen-bond acceptors (Lipinski definition) is 3. The van der Waals surface area contributed by atoms with Crippen molar-refractivity contribution in [3.05, 3.63) is 146 Å². The Balaban J connectivity index is 1.40. The van der Waals surface area contributed by atoms with E-state index in [1.54, 1.807) is 0 Å². The second-order valence-corrected chi connectivity index (χ2v) is 9.87. The second kappa shape index (κ2) is 10.3. The molecule has 0 aliphatic heterocycles. The molecule has 0 bridgehead atoms. The van der Waals surface area contributed by atoms with Crippen LogP contribution in [0.25, 0.3) is 44.2 Å². The first-order chi connectivity index (χ1) is 19.8. The van der Waals surface area contributed by atoms with Gasteiger partial charge >= 0.3 is 7.48 Å². The maximum Gasteiger partial charge on any atom is 0.308 e. The lowest BCUT2D eigenvalue weighted by Crippen LogP contribution is -2.13. The first-order valence-electron chi connectivity index (χ1n) is 13.5. The molecule has 6 aromatic carbocycles. The van der Waals surface area contributed by atoms with E-state index in [-0.39, 0.29) is 7.48 Å². The molecule has 0 saturated carbocycles. The molecule has 0 fully saturated rings. The van der Waals surface area contributed by atoms with E-state index >= 15 is 0 Å². The minimum atomic E-state index is -0.0713. The number of furan rings is 1. The molecule has 40 heavy (non-hydrogen) atoms. The van der Waals surface area contributed by atoms with E-state index in [0.29, 0.717) is 0 Å². The van der Waals surface area contributed by atoms with Crippen LogP contribution < -0.4 is 10.4 Å². The molecule has 3 nitrogen and oxygen atoms in total. The van der Waals surface area contributed by atoms with Crippen LogP contribution in [0.3, 0.4) is 0 Å². The molecule has 0 amide bonds. The second-order valence-electron chi connectivity index (χ2n) is 9.87. The Hall–Kier alpha value is -5.06. The summed E-state index contributed by atoms with van der Waals surface area (Å²) in [5.74, 6) is 0. The van der Waals surface area contributed by atoms with Crippen molar-refractivity contribution in [2.45, 2.75) is 0 Å². The zero-order valence-electron chi connectivity index (χ0n) is 21.9. The highest BCUT2D eigenvalue weighted by atomic mass is 16.3. The number of hydrogen-bond donors (Lipinski definition) is 1. The lowest BCUT2D eigenvalue weighted by atomic mass is 9.87. The minimum absolute atomic E-state index is 0.0713. The zero-order valence-corrected chi connectivity index (χ0v) is 21.9. The summed E-state index contributed by atoms with van der Waals surface area (Å²) in [6.07, 6.45) is 0. The van der Waals surface area contributed by atoms with E-state index in [9.17, 15) is 5.02 Å². The van der Waals surface area contributed by atoms with Gasteiger partial charge in [0, 0.05) is 22.1 Å². The number of para-hydroxylation sites is 2. The van der Waals surface area contributed by atoms with E-state index in [4.69, 9.17) is 4.42 Å². The number of rotatable bonds is 6. The number of fused-ring (bicyclic) bond motifs is 3. The van der Waals surface area contributed by atoms with Crippen molar-refractivity contribution in [1.82, 2.24) is 0 Å². The molecule has 7 rings (SSSR count). The fourth-order valence-electron chi connectivity index (χ4n) is 5.46. The van der Waals surface area contributed by atoms with Gasteiger partial charge in [0.1, 0.15) is 5.58 Å². The zero-order chi connectivity index (χ0) is 26.9. The van der Waals surface area contributed by atoms with Gasteiger partial charge < -0.3 is 14.3 Å². The fourth-order valence-corrected chi connectivity index (χ4v) is 5.46. The Labute approximate surface area is 233 Å². The topological polar surface area (TPSA) is 36.6 Å². The first-order valence-corrected chi connectivity index (χ1v) is 13.5. The van der Waals surface area contributed by atoms with Crippen molar-refractivity contribution in [2.24, 2.45) is 0 Å². The summed E-state index contributed by atoms with van der Waals surface area (Å²) in [6.45, 7) is 0. The Morgan fingerprint density at radius 2 is 0.925 bits per heavy atom. The van der Waals surface area contributed by atoms with Crippen LogP contribution in [0.15, 0.2) is 150 Å². The molecular weight excluding hydrogens is 489 g/mol. The Kier molecular flexibility index (Phi) is 6.16. The standard InChI is InChI=1S/C36H26BNO2/c39-37-33-15-7-13-31-32-14-8-16-34(36(32)40-35(31)33)38(29-21-17-27(18-22-29)25-9-3-1-4-10-25)30-23-19-28(20-24-30)26-11-5-2-6-12-26/h1-24,37,39H. The number of nitrogens with zero attached hydrogens (tertiary/aromatic N) is 1. The predicted octanol–water partition coefficient (Wildman–Crippen LogP) is 8.36. The average molecular weight is 515 g/mol. The molecular formula is C36H26BNO2. The van der Waals surface area contributed by atoms with Gasteiger partial charge in [0.25, 0.3) is 0 Å². The Bertz CT molecular complexity index is 1830. The van der Waals surface area contributed by atoms with Gasteiger partial charge in [-0.1, -0.05) is 115 Å². The highest BCUT2D eigenvalue weighted by Gasteiger charge is 2.20. The normalized spacial score (nSPS) is 11.1. The van der Waals surface area contributed by atoms with Gasteiger partial charge in [-0.05, 0) is 58.0 Å². The molecule has 0 atom stereocenters. The largest absolute Gasteiger partial charge is 0.454 e. The third-order valence-corrected chi connectivity index (χ3v) is 7.46. The summed E-state index contributed by atoms with van der Waals surface area (Å²) in [5.41, 5.74) is 10.0. The maximum atomic E-state index is 9.96. The van der Waals surface area contributed by atoms with Gasteiger partial charge in [-0.25, -0.2) is 0 Å². The van der Waals surface area contributed by atoms with Crippen LogP contribution in [-0.2, 0) is 0 Å². The summed E-state index contributed by atoms with van der Waals surface area (Å²) < 4.78 is 6.51. The van der Waals surface area contributed by atoms with E-state index in [0.717, 1.165) is 44.5 Å². The predicted molar refractivity (Wildman–Crippen MR) is 168 cm³/mol. The molecule has 0 spiro atoms. The Morgan fingerprint density at radius 3 is 1.45 bits per heavy atom. The van der Waals surface area contributed by atoms with Crippen molar-refractivity contribution in [2.75, 3.05) is 4.90 Å². The smallest absolute Gasteiger partial charge is 0.308 e. The molecule has 0 aliphatic carbocycles. The minimum Gasteiger partial charge on any atom is -0.454 e. The highest BCUT2D eigenvalue weighted by molar-refractivity contribution is 6.50. The van der Waals surface area contributed by atoms with E-state index in [1.807, 2.05) is 24.3 Å². The van der Waals surface area contributed by atoms with Crippen molar-refractivity contribution >= 4 is 51.9 Å². The summed E-state index contributed by atoms with van der Waals surface area (Å²) in [4.78, 5) is 2.24. The molecule has 0 saturated heterocycles. The molecule has 1 N–H and O–H groups in total. The Morgan fingerprint density at radius 1 is 0.450 bits per heavy atom. The van der Waals surface area contributed by atoms with Gasteiger partial charge in [0.05, 0.1) is 5.69 Å². The summed E-state index contributed by atoms with van der Waals surface area (Å²) in [7, 11) is -0.0713. The molecule has 7 aromatic rings. The highest BCUT2D eigenvalue weighted by Crippen LogP contribution is 2.42. The van der Waals surface area contributed by atoms with Crippen LogP contribution in [0.5, 0.6) is 0 Å². The fraction of sp³-hybridized carbons (Fsp3) is 0. The van der Waals surface area contributed by atoms with Gasteiger partial charge in [-0.15, -0.1) is 0 Å². The summed E-state index contributed by atoms with van der Waals surface area (Å²) in [5, 5.41) is 12.0. The molecule has 1 heterocycles.